The topological polar surface area (TPSA) is 120 Å². The number of benzene rings is 3. The van der Waals surface area contributed by atoms with Gasteiger partial charge in [0.15, 0.2) is 25.2 Å². The van der Waals surface area contributed by atoms with E-state index in [1.807, 2.05) is 85.1 Å². The molecule has 3 aliphatic carbocycles. The monoisotopic (exact) mass is 766 g/mol. The van der Waals surface area contributed by atoms with Crippen LogP contribution in [0.1, 0.15) is 67.7 Å². The fraction of sp³-hybridized carbons (Fsp3) is 0.533. The van der Waals surface area contributed by atoms with Gasteiger partial charge < -0.3 is 47.7 Å². The summed E-state index contributed by atoms with van der Waals surface area (Å²) in [5.41, 5.74) is 3.22. The molecule has 6 aliphatic heterocycles. The summed E-state index contributed by atoms with van der Waals surface area (Å²) in [7, 11) is 0. The van der Waals surface area contributed by atoms with E-state index >= 15 is 0 Å². The molecule has 1 N–H and O–H groups in total. The van der Waals surface area contributed by atoms with Crippen molar-refractivity contribution in [2.45, 2.75) is 93.9 Å². The third-order valence-corrected chi connectivity index (χ3v) is 13.3. The molecule has 3 aromatic rings. The molecule has 11 heteroatoms. The number of aliphatic hydroxyl groups is 1. The number of rotatable bonds is 3. The van der Waals surface area contributed by atoms with Gasteiger partial charge in [0.05, 0.1) is 56.9 Å². The molecule has 12 rings (SSSR count). The van der Waals surface area contributed by atoms with Crippen molar-refractivity contribution in [1.82, 2.24) is 0 Å². The number of esters is 1. The molecule has 0 aromatic heterocycles. The SMILES string of the molecule is C1=CC2C(C[C@@H]3OC(c4ccccc4)OC[C@@H]23)O1.O=C1CC2C(C[C@@H]3OC(c4ccccc4)OC[C@@H]23)O1.OC1CC2C(C[C@@H]3OC(c4ccccc4)OC[C@@H]23)O1. The van der Waals surface area contributed by atoms with Crippen molar-refractivity contribution in [3.63, 3.8) is 0 Å². The van der Waals surface area contributed by atoms with Crippen molar-refractivity contribution in [2.24, 2.45) is 35.5 Å². The van der Waals surface area contributed by atoms with Gasteiger partial charge in [-0.2, -0.15) is 0 Å². The fourth-order valence-corrected chi connectivity index (χ4v) is 10.5. The van der Waals surface area contributed by atoms with E-state index in [4.69, 9.17) is 42.6 Å². The maximum Gasteiger partial charge on any atom is 0.306 e. The van der Waals surface area contributed by atoms with Crippen molar-refractivity contribution >= 4 is 5.97 Å². The molecule has 3 aromatic carbocycles. The lowest BCUT2D eigenvalue weighted by molar-refractivity contribution is -0.240. The number of aliphatic hydroxyl groups excluding tert-OH is 1. The molecule has 0 amide bonds. The smallest absolute Gasteiger partial charge is 0.306 e. The van der Waals surface area contributed by atoms with E-state index in [9.17, 15) is 9.90 Å². The van der Waals surface area contributed by atoms with Crippen molar-refractivity contribution in [2.75, 3.05) is 19.8 Å². The van der Waals surface area contributed by atoms with Crippen LogP contribution in [0.4, 0.5) is 0 Å². The molecular formula is C45H50O11. The second-order valence-corrected chi connectivity index (χ2v) is 16.5. The molecule has 3 saturated carbocycles. The van der Waals surface area contributed by atoms with E-state index in [2.05, 4.69) is 18.2 Å². The van der Waals surface area contributed by atoms with Crippen molar-refractivity contribution < 1.29 is 52.5 Å². The summed E-state index contributed by atoms with van der Waals surface area (Å²) >= 11 is 0. The minimum absolute atomic E-state index is 0.0422. The van der Waals surface area contributed by atoms with Gasteiger partial charge in [0, 0.05) is 72.0 Å². The molecule has 0 bridgehead atoms. The highest BCUT2D eigenvalue weighted by atomic mass is 16.7. The van der Waals surface area contributed by atoms with Gasteiger partial charge in [-0.05, 0) is 12.0 Å². The highest BCUT2D eigenvalue weighted by molar-refractivity contribution is 5.72. The third-order valence-electron chi connectivity index (χ3n) is 13.3. The van der Waals surface area contributed by atoms with Crippen molar-refractivity contribution in [1.29, 1.82) is 0 Å². The van der Waals surface area contributed by atoms with Gasteiger partial charge >= 0.3 is 5.97 Å². The zero-order valence-electron chi connectivity index (χ0n) is 31.2. The van der Waals surface area contributed by atoms with Crippen LogP contribution in [0.15, 0.2) is 103 Å². The largest absolute Gasteiger partial charge is 0.498 e. The summed E-state index contributed by atoms with van der Waals surface area (Å²) in [4.78, 5) is 11.3. The van der Waals surface area contributed by atoms with Crippen LogP contribution < -0.4 is 0 Å². The first-order valence-corrected chi connectivity index (χ1v) is 20.3. The summed E-state index contributed by atoms with van der Waals surface area (Å²) in [6.45, 7) is 2.11. The van der Waals surface area contributed by atoms with Crippen LogP contribution in [0.2, 0.25) is 0 Å². The first-order chi connectivity index (χ1) is 27.5. The minimum Gasteiger partial charge on any atom is -0.498 e. The zero-order chi connectivity index (χ0) is 37.6. The molecule has 56 heavy (non-hydrogen) atoms. The van der Waals surface area contributed by atoms with Crippen LogP contribution in [-0.2, 0) is 47.4 Å². The fourth-order valence-electron chi connectivity index (χ4n) is 10.5. The second-order valence-electron chi connectivity index (χ2n) is 16.5. The first kappa shape index (κ1) is 36.7. The van der Waals surface area contributed by atoms with Crippen LogP contribution in [0.25, 0.3) is 0 Å². The summed E-state index contributed by atoms with van der Waals surface area (Å²) in [6, 6.07) is 30.2. The van der Waals surface area contributed by atoms with Crippen molar-refractivity contribution in [3.05, 3.63) is 120 Å². The van der Waals surface area contributed by atoms with Crippen molar-refractivity contribution in [3.8, 4) is 0 Å². The minimum atomic E-state index is -0.595. The van der Waals surface area contributed by atoms with Gasteiger partial charge in [-0.3, -0.25) is 4.79 Å². The van der Waals surface area contributed by atoms with Crippen LogP contribution in [0, 0.1) is 35.5 Å². The highest BCUT2D eigenvalue weighted by Crippen LogP contribution is 2.49. The Kier molecular flexibility index (Phi) is 10.4. The van der Waals surface area contributed by atoms with E-state index < -0.39 is 6.29 Å². The van der Waals surface area contributed by atoms with Crippen LogP contribution in [0.5, 0.6) is 0 Å². The van der Waals surface area contributed by atoms with Gasteiger partial charge in [-0.15, -0.1) is 0 Å². The van der Waals surface area contributed by atoms with Gasteiger partial charge in [0.2, 0.25) is 0 Å². The number of carbonyl (C=O) groups excluding carboxylic acids is 1. The highest BCUT2D eigenvalue weighted by Gasteiger charge is 2.54. The lowest BCUT2D eigenvalue weighted by Gasteiger charge is -2.34. The van der Waals surface area contributed by atoms with Gasteiger partial charge in [-0.25, -0.2) is 0 Å². The summed E-state index contributed by atoms with van der Waals surface area (Å²) < 4.78 is 52.3. The van der Waals surface area contributed by atoms with E-state index in [0.29, 0.717) is 61.7 Å². The Labute approximate surface area is 327 Å². The quantitative estimate of drug-likeness (QED) is 0.293. The van der Waals surface area contributed by atoms with Gasteiger partial charge in [0.25, 0.3) is 0 Å². The Hall–Kier alpha value is -3.65. The molecule has 10 unspecified atom stereocenters. The number of hydrogen-bond acceptors (Lipinski definition) is 11. The molecule has 5 saturated heterocycles. The molecular weight excluding hydrogens is 716 g/mol. The molecule has 8 fully saturated rings. The van der Waals surface area contributed by atoms with Crippen LogP contribution >= 0.6 is 0 Å². The first-order valence-electron chi connectivity index (χ1n) is 20.3. The summed E-state index contributed by atoms with van der Waals surface area (Å²) in [5, 5.41) is 9.55. The normalized spacial score (nSPS) is 42.3. The summed E-state index contributed by atoms with van der Waals surface area (Å²) in [6.07, 6.45) is 7.65. The maximum atomic E-state index is 11.3. The average molecular weight is 767 g/mol. The number of carbonyl (C=O) groups is 1. The van der Waals surface area contributed by atoms with E-state index in [1.165, 1.54) is 0 Å². The molecule has 11 nitrogen and oxygen atoms in total. The average Bonchev–Trinajstić information content (AvgIpc) is 4.09. The number of ether oxygens (including phenoxy) is 9. The third kappa shape index (κ3) is 7.33. The van der Waals surface area contributed by atoms with Crippen LogP contribution in [-0.4, -0.2) is 73.8 Å². The molecule has 0 spiro atoms. The Morgan fingerprint density at radius 1 is 0.482 bits per heavy atom. The van der Waals surface area contributed by atoms with E-state index in [0.717, 1.165) is 42.6 Å². The van der Waals surface area contributed by atoms with Gasteiger partial charge in [-0.1, -0.05) is 91.0 Å². The second kappa shape index (κ2) is 15.9. The predicted molar refractivity (Wildman–Crippen MR) is 199 cm³/mol. The molecule has 296 valence electrons. The Bertz CT molecular complexity index is 1810. The number of hydrogen-bond donors (Lipinski definition) is 1. The number of fused-ring (bicyclic) bond motifs is 9. The molecule has 0 radical (unpaired) electrons. The molecule has 9 aliphatic rings. The van der Waals surface area contributed by atoms with E-state index in [1.54, 1.807) is 0 Å². The van der Waals surface area contributed by atoms with E-state index in [-0.39, 0.29) is 61.3 Å². The predicted octanol–water partition coefficient (Wildman–Crippen LogP) is 6.55. The Balaban J connectivity index is 0.000000103. The summed E-state index contributed by atoms with van der Waals surface area (Å²) in [5.74, 6) is 2.20. The zero-order valence-corrected chi connectivity index (χ0v) is 31.2. The standard InChI is InChI=1S/C15H18O4.C15H16O4.C15H16O3/c2*16-14-6-10-11-8-17-15(9-4-2-1-3-5-9)19-13(11)7-12(10)18-14;1-2-4-10(5-3-1)15-17-9-12-11-6-7-16-13(11)8-14(12)18-15/h1-5,10-16H,6-8H2;1-5,10-13,15H,6-8H2;1-7,11-15H,8-9H2/t10?,11-,12?,13-,14?,15?;10?,11-,12?,13-,15?;11?,12-,13?,14-,15?/m000/s1. The van der Waals surface area contributed by atoms with Crippen LogP contribution in [0.3, 0.4) is 0 Å². The molecule has 16 atom stereocenters. The Morgan fingerprint density at radius 3 is 1.52 bits per heavy atom. The van der Waals surface area contributed by atoms with Gasteiger partial charge in [0.1, 0.15) is 12.2 Å². The lowest BCUT2D eigenvalue weighted by Crippen LogP contribution is -2.35. The molecule has 6 heterocycles. The lowest BCUT2D eigenvalue weighted by atomic mass is 9.92. The maximum absolute atomic E-state index is 11.3. The Morgan fingerprint density at radius 2 is 0.946 bits per heavy atom.